The van der Waals surface area contributed by atoms with E-state index >= 15 is 0 Å². The zero-order valence-corrected chi connectivity index (χ0v) is 13.3. The van der Waals surface area contributed by atoms with E-state index in [9.17, 15) is 23.1 Å². The van der Waals surface area contributed by atoms with Gasteiger partial charge in [-0.05, 0) is 24.0 Å². The van der Waals surface area contributed by atoms with Crippen LogP contribution in [0.25, 0.3) is 0 Å². The number of aromatic nitrogens is 1. The van der Waals surface area contributed by atoms with Gasteiger partial charge in [0.05, 0.1) is 12.6 Å². The first kappa shape index (κ1) is 19.2. The van der Waals surface area contributed by atoms with Crippen molar-refractivity contribution in [2.75, 3.05) is 13.2 Å². The van der Waals surface area contributed by atoms with E-state index in [0.717, 1.165) is 0 Å². The van der Waals surface area contributed by atoms with Gasteiger partial charge in [-0.2, -0.15) is 13.2 Å². The number of aliphatic hydroxyl groups excluding tert-OH is 1. The molecular formula is C15H21F3N2O3. The summed E-state index contributed by atoms with van der Waals surface area (Å²) in [6.45, 7) is 4.04. The molecule has 1 rings (SSSR count). The van der Waals surface area contributed by atoms with Crippen molar-refractivity contribution in [3.63, 3.8) is 0 Å². The highest BCUT2D eigenvalue weighted by Crippen LogP contribution is 2.23. The van der Waals surface area contributed by atoms with E-state index in [1.807, 2.05) is 20.8 Å². The molecule has 0 radical (unpaired) electrons. The molecule has 23 heavy (non-hydrogen) atoms. The lowest BCUT2D eigenvalue weighted by Gasteiger charge is -2.25. The maximum Gasteiger partial charge on any atom is 0.422 e. The van der Waals surface area contributed by atoms with Crippen molar-refractivity contribution in [1.29, 1.82) is 0 Å². The molecule has 1 amide bonds. The average molecular weight is 334 g/mol. The van der Waals surface area contributed by atoms with E-state index in [4.69, 9.17) is 0 Å². The van der Waals surface area contributed by atoms with Crippen molar-refractivity contribution in [2.45, 2.75) is 39.4 Å². The molecule has 0 aliphatic rings. The largest absolute Gasteiger partial charge is 0.482 e. The third-order valence-electron chi connectivity index (χ3n) is 2.79. The zero-order valence-electron chi connectivity index (χ0n) is 13.3. The van der Waals surface area contributed by atoms with Gasteiger partial charge in [-0.1, -0.05) is 20.8 Å². The monoisotopic (exact) mass is 334 g/mol. The van der Waals surface area contributed by atoms with Gasteiger partial charge in [-0.15, -0.1) is 0 Å². The van der Waals surface area contributed by atoms with Crippen LogP contribution in [0.2, 0.25) is 0 Å². The SMILES string of the molecule is CC(C)(C)CC(CO)NC(=O)c1ncccc1OCC(F)(F)F. The second-order valence-electron chi connectivity index (χ2n) is 6.37. The smallest absolute Gasteiger partial charge is 0.422 e. The summed E-state index contributed by atoms with van der Waals surface area (Å²) in [6, 6.07) is 2.09. The van der Waals surface area contributed by atoms with Gasteiger partial charge in [0, 0.05) is 6.20 Å². The summed E-state index contributed by atoms with van der Waals surface area (Å²) in [5.74, 6) is -0.944. The molecule has 0 aliphatic heterocycles. The number of alkyl halides is 3. The van der Waals surface area contributed by atoms with E-state index in [1.165, 1.54) is 18.3 Å². The molecule has 0 saturated heterocycles. The number of rotatable bonds is 6. The van der Waals surface area contributed by atoms with Crippen LogP contribution >= 0.6 is 0 Å². The lowest BCUT2D eigenvalue weighted by Crippen LogP contribution is -2.40. The number of ether oxygens (including phenoxy) is 1. The quantitative estimate of drug-likeness (QED) is 0.839. The Bertz CT molecular complexity index is 527. The Morgan fingerprint density at radius 3 is 2.57 bits per heavy atom. The number of nitrogens with one attached hydrogen (secondary N) is 1. The molecule has 1 aromatic rings. The molecule has 0 aromatic carbocycles. The van der Waals surface area contributed by atoms with E-state index in [1.54, 1.807) is 0 Å². The van der Waals surface area contributed by atoms with E-state index in [-0.39, 0.29) is 23.5 Å². The number of amides is 1. The number of pyridine rings is 1. The fraction of sp³-hybridized carbons (Fsp3) is 0.600. The van der Waals surface area contributed by atoms with Crippen LogP contribution in [-0.2, 0) is 0 Å². The van der Waals surface area contributed by atoms with E-state index < -0.39 is 24.7 Å². The van der Waals surface area contributed by atoms with Crippen molar-refractivity contribution in [3.05, 3.63) is 24.0 Å². The summed E-state index contributed by atoms with van der Waals surface area (Å²) < 4.78 is 41.4. The Balaban J connectivity index is 2.83. The first-order valence-corrected chi connectivity index (χ1v) is 7.08. The van der Waals surface area contributed by atoms with Crippen molar-refractivity contribution in [3.8, 4) is 5.75 Å². The Morgan fingerprint density at radius 1 is 1.39 bits per heavy atom. The number of hydrogen-bond donors (Lipinski definition) is 2. The summed E-state index contributed by atoms with van der Waals surface area (Å²) in [7, 11) is 0. The first-order chi connectivity index (χ1) is 10.5. The first-order valence-electron chi connectivity index (χ1n) is 7.08. The number of halogens is 3. The molecule has 5 nitrogen and oxygen atoms in total. The van der Waals surface area contributed by atoms with Crippen LogP contribution in [0.15, 0.2) is 18.3 Å². The fourth-order valence-electron chi connectivity index (χ4n) is 1.99. The van der Waals surface area contributed by atoms with E-state index in [2.05, 4.69) is 15.0 Å². The number of aliphatic hydroxyl groups is 1. The highest BCUT2D eigenvalue weighted by atomic mass is 19.4. The summed E-state index contributed by atoms with van der Waals surface area (Å²) >= 11 is 0. The van der Waals surface area contributed by atoms with Gasteiger partial charge in [-0.3, -0.25) is 4.79 Å². The lowest BCUT2D eigenvalue weighted by molar-refractivity contribution is -0.153. The summed E-state index contributed by atoms with van der Waals surface area (Å²) in [6.07, 6.45) is -2.72. The predicted octanol–water partition coefficient (Wildman–Crippen LogP) is 2.55. The molecular weight excluding hydrogens is 313 g/mol. The van der Waals surface area contributed by atoms with Gasteiger partial charge in [0.15, 0.2) is 18.1 Å². The number of hydrogen-bond acceptors (Lipinski definition) is 4. The van der Waals surface area contributed by atoms with Gasteiger partial charge < -0.3 is 15.2 Å². The second-order valence-corrected chi connectivity index (χ2v) is 6.37. The third-order valence-corrected chi connectivity index (χ3v) is 2.79. The van der Waals surface area contributed by atoms with Gasteiger partial charge in [-0.25, -0.2) is 4.98 Å². The van der Waals surface area contributed by atoms with Crippen molar-refractivity contribution in [2.24, 2.45) is 5.41 Å². The normalized spacial score (nSPS) is 13.5. The standard InChI is InChI=1S/C15H21F3N2O3/c1-14(2,3)7-10(8-21)20-13(22)12-11(5-4-6-19-12)23-9-15(16,17)18/h4-6,10,21H,7-9H2,1-3H3,(H,20,22). The van der Waals surface area contributed by atoms with Crippen LogP contribution in [0.1, 0.15) is 37.7 Å². The molecule has 1 unspecified atom stereocenters. The van der Waals surface area contributed by atoms with Crippen LogP contribution in [0, 0.1) is 5.41 Å². The number of carbonyl (C=O) groups excluding carboxylic acids is 1. The number of nitrogens with zero attached hydrogens (tertiary/aromatic N) is 1. The second kappa shape index (κ2) is 7.63. The number of carbonyl (C=O) groups is 1. The maximum absolute atomic E-state index is 12.2. The molecule has 1 atom stereocenters. The molecule has 0 bridgehead atoms. The molecule has 8 heteroatoms. The Labute approximate surface area is 132 Å². The van der Waals surface area contributed by atoms with Gasteiger partial charge >= 0.3 is 6.18 Å². The molecule has 1 heterocycles. The molecule has 0 aliphatic carbocycles. The zero-order chi connectivity index (χ0) is 17.7. The highest BCUT2D eigenvalue weighted by Gasteiger charge is 2.30. The molecule has 1 aromatic heterocycles. The van der Waals surface area contributed by atoms with Crippen LogP contribution in [0.5, 0.6) is 5.75 Å². The van der Waals surface area contributed by atoms with Crippen molar-refractivity contribution >= 4 is 5.91 Å². The van der Waals surface area contributed by atoms with Crippen LogP contribution < -0.4 is 10.1 Å². The molecule has 130 valence electrons. The average Bonchev–Trinajstić information content (AvgIpc) is 2.42. The van der Waals surface area contributed by atoms with Crippen molar-refractivity contribution in [1.82, 2.24) is 10.3 Å². The third kappa shape index (κ3) is 7.32. The molecule has 0 saturated carbocycles. The molecule has 0 fully saturated rings. The minimum Gasteiger partial charge on any atom is -0.482 e. The topological polar surface area (TPSA) is 71.5 Å². The summed E-state index contributed by atoms with van der Waals surface area (Å²) in [5, 5.41) is 11.9. The summed E-state index contributed by atoms with van der Waals surface area (Å²) in [4.78, 5) is 16.0. The van der Waals surface area contributed by atoms with Crippen molar-refractivity contribution < 1.29 is 27.8 Å². The Hall–Kier alpha value is -1.83. The molecule has 2 N–H and O–H groups in total. The minimum atomic E-state index is -4.51. The van der Waals surface area contributed by atoms with Crippen LogP contribution in [0.4, 0.5) is 13.2 Å². The fourth-order valence-corrected chi connectivity index (χ4v) is 1.99. The Kier molecular flexibility index (Phi) is 6.37. The van der Waals surface area contributed by atoms with Crippen LogP contribution in [-0.4, -0.2) is 41.4 Å². The minimum absolute atomic E-state index is 0.138. The van der Waals surface area contributed by atoms with Gasteiger partial charge in [0.2, 0.25) is 0 Å². The van der Waals surface area contributed by atoms with Gasteiger partial charge in [0.1, 0.15) is 0 Å². The van der Waals surface area contributed by atoms with Gasteiger partial charge in [0.25, 0.3) is 5.91 Å². The predicted molar refractivity (Wildman–Crippen MR) is 78.2 cm³/mol. The lowest BCUT2D eigenvalue weighted by atomic mass is 9.88. The molecule has 0 spiro atoms. The summed E-state index contributed by atoms with van der Waals surface area (Å²) in [5.41, 5.74) is -0.385. The maximum atomic E-state index is 12.2. The van der Waals surface area contributed by atoms with Crippen LogP contribution in [0.3, 0.4) is 0 Å². The highest BCUT2D eigenvalue weighted by molar-refractivity contribution is 5.95. The van der Waals surface area contributed by atoms with E-state index in [0.29, 0.717) is 6.42 Å². The Morgan fingerprint density at radius 2 is 2.04 bits per heavy atom.